The van der Waals surface area contributed by atoms with Crippen molar-refractivity contribution in [2.45, 2.75) is 50.7 Å². The summed E-state index contributed by atoms with van der Waals surface area (Å²) in [4.78, 5) is 4.37. The molecule has 1 heterocycles. The van der Waals surface area contributed by atoms with E-state index < -0.39 is 0 Å². The zero-order valence-electron chi connectivity index (χ0n) is 9.90. The molecule has 1 aliphatic carbocycles. The highest BCUT2D eigenvalue weighted by Gasteiger charge is 2.36. The molecule has 1 atom stereocenters. The lowest BCUT2D eigenvalue weighted by atomic mass is 9.99. The van der Waals surface area contributed by atoms with Crippen LogP contribution >= 0.6 is 0 Å². The van der Waals surface area contributed by atoms with Crippen molar-refractivity contribution in [2.24, 2.45) is 5.73 Å². The van der Waals surface area contributed by atoms with Gasteiger partial charge in [0, 0.05) is 13.5 Å². The Kier molecular flexibility index (Phi) is 3.25. The predicted molar refractivity (Wildman–Crippen MR) is 58.8 cm³/mol. The number of nitrogens with two attached hydrogens (primary N) is 1. The summed E-state index contributed by atoms with van der Waals surface area (Å²) in [5.41, 5.74) is 5.84. The van der Waals surface area contributed by atoms with Crippen molar-refractivity contribution >= 4 is 0 Å². The van der Waals surface area contributed by atoms with Gasteiger partial charge in [-0.15, -0.1) is 0 Å². The number of aromatic nitrogens is 2. The van der Waals surface area contributed by atoms with E-state index in [0.29, 0.717) is 18.1 Å². The molecule has 16 heavy (non-hydrogen) atoms. The minimum atomic E-state index is -0.387. The van der Waals surface area contributed by atoms with Gasteiger partial charge in [-0.05, 0) is 19.8 Å². The lowest BCUT2D eigenvalue weighted by Crippen LogP contribution is -2.33. The highest BCUT2D eigenvalue weighted by molar-refractivity contribution is 5.05. The molecule has 90 valence electrons. The quantitative estimate of drug-likeness (QED) is 0.837. The van der Waals surface area contributed by atoms with Crippen LogP contribution in [0.15, 0.2) is 4.52 Å². The summed E-state index contributed by atoms with van der Waals surface area (Å²) in [6.07, 6.45) is 4.92. The Bertz CT molecular complexity index is 345. The fourth-order valence-corrected chi connectivity index (χ4v) is 2.10. The number of hydrogen-bond acceptors (Lipinski definition) is 5. The van der Waals surface area contributed by atoms with Crippen LogP contribution in [0.1, 0.15) is 44.3 Å². The Morgan fingerprint density at radius 2 is 2.19 bits per heavy atom. The van der Waals surface area contributed by atoms with E-state index in [2.05, 4.69) is 10.1 Å². The standard InChI is InChI=1S/C11H19N3O2/c1-8(15-2)7-9-13-10(16-14-9)11(12)5-3-4-6-11/h8H,3-7,12H2,1-2H3. The van der Waals surface area contributed by atoms with Crippen molar-refractivity contribution in [3.63, 3.8) is 0 Å². The van der Waals surface area contributed by atoms with Crippen molar-refractivity contribution < 1.29 is 9.26 Å². The SMILES string of the molecule is COC(C)Cc1noc(C2(N)CCCC2)n1. The molecule has 0 saturated heterocycles. The number of nitrogens with zero attached hydrogens (tertiary/aromatic N) is 2. The molecule has 2 N–H and O–H groups in total. The smallest absolute Gasteiger partial charge is 0.246 e. The maximum absolute atomic E-state index is 6.23. The van der Waals surface area contributed by atoms with Gasteiger partial charge in [-0.2, -0.15) is 4.98 Å². The molecule has 2 rings (SSSR count). The second-order valence-electron chi connectivity index (χ2n) is 4.63. The molecule has 0 spiro atoms. The maximum Gasteiger partial charge on any atom is 0.246 e. The predicted octanol–water partition coefficient (Wildman–Crippen LogP) is 1.37. The van der Waals surface area contributed by atoms with Crippen molar-refractivity contribution in [2.75, 3.05) is 7.11 Å². The molecule has 1 unspecified atom stereocenters. The van der Waals surface area contributed by atoms with Crippen LogP contribution in [0.4, 0.5) is 0 Å². The van der Waals surface area contributed by atoms with Gasteiger partial charge in [0.25, 0.3) is 0 Å². The molecule has 0 aliphatic heterocycles. The second-order valence-corrected chi connectivity index (χ2v) is 4.63. The number of ether oxygens (including phenoxy) is 1. The highest BCUT2D eigenvalue weighted by Crippen LogP contribution is 2.35. The summed E-state index contributed by atoms with van der Waals surface area (Å²) in [7, 11) is 1.67. The van der Waals surface area contributed by atoms with Gasteiger partial charge in [0.05, 0.1) is 11.6 Å². The molecule has 5 heteroatoms. The zero-order chi connectivity index (χ0) is 11.6. The Morgan fingerprint density at radius 3 is 2.81 bits per heavy atom. The highest BCUT2D eigenvalue weighted by atomic mass is 16.5. The Balaban J connectivity index is 2.07. The van der Waals surface area contributed by atoms with E-state index >= 15 is 0 Å². The molecular formula is C11H19N3O2. The van der Waals surface area contributed by atoms with Crippen LogP contribution in [-0.4, -0.2) is 23.4 Å². The molecule has 1 saturated carbocycles. The molecule has 1 aromatic rings. The van der Waals surface area contributed by atoms with E-state index in [1.165, 1.54) is 0 Å². The van der Waals surface area contributed by atoms with Gasteiger partial charge in [0.1, 0.15) is 0 Å². The summed E-state index contributed by atoms with van der Waals surface area (Å²) >= 11 is 0. The van der Waals surface area contributed by atoms with Crippen LogP contribution in [0, 0.1) is 0 Å². The molecule has 0 amide bonds. The van der Waals surface area contributed by atoms with Crippen molar-refractivity contribution in [3.05, 3.63) is 11.7 Å². The molecule has 1 aromatic heterocycles. The van der Waals surface area contributed by atoms with E-state index in [0.717, 1.165) is 25.7 Å². The first kappa shape index (κ1) is 11.5. The van der Waals surface area contributed by atoms with Gasteiger partial charge in [-0.25, -0.2) is 0 Å². The van der Waals surface area contributed by atoms with E-state index in [1.807, 2.05) is 6.92 Å². The largest absolute Gasteiger partial charge is 0.381 e. The van der Waals surface area contributed by atoms with Gasteiger partial charge in [0.2, 0.25) is 5.89 Å². The number of rotatable bonds is 4. The topological polar surface area (TPSA) is 74.2 Å². The monoisotopic (exact) mass is 225 g/mol. The summed E-state index contributed by atoms with van der Waals surface area (Å²) in [6.45, 7) is 1.98. The fourth-order valence-electron chi connectivity index (χ4n) is 2.10. The first-order valence-electron chi connectivity index (χ1n) is 5.79. The van der Waals surface area contributed by atoms with Crippen molar-refractivity contribution in [3.8, 4) is 0 Å². The fraction of sp³-hybridized carbons (Fsp3) is 0.818. The molecule has 1 fully saturated rings. The van der Waals surface area contributed by atoms with Crippen LogP contribution < -0.4 is 5.73 Å². The Labute approximate surface area is 95.3 Å². The molecule has 0 radical (unpaired) electrons. The third-order valence-corrected chi connectivity index (χ3v) is 3.26. The molecule has 0 bridgehead atoms. The lowest BCUT2D eigenvalue weighted by molar-refractivity contribution is 0.116. The molecular weight excluding hydrogens is 206 g/mol. The second kappa shape index (κ2) is 4.51. The van der Waals surface area contributed by atoms with Crippen LogP contribution in [-0.2, 0) is 16.7 Å². The Morgan fingerprint density at radius 1 is 1.50 bits per heavy atom. The van der Waals surface area contributed by atoms with Crippen molar-refractivity contribution in [1.29, 1.82) is 0 Å². The maximum atomic E-state index is 6.23. The van der Waals surface area contributed by atoms with Gasteiger partial charge in [-0.3, -0.25) is 0 Å². The first-order valence-corrected chi connectivity index (χ1v) is 5.79. The normalized spacial score (nSPS) is 21.2. The van der Waals surface area contributed by atoms with Gasteiger partial charge < -0.3 is 15.0 Å². The van der Waals surface area contributed by atoms with E-state index in [1.54, 1.807) is 7.11 Å². The first-order chi connectivity index (χ1) is 7.64. The van der Waals surface area contributed by atoms with Gasteiger partial charge in [0.15, 0.2) is 5.82 Å². The molecule has 1 aliphatic rings. The van der Waals surface area contributed by atoms with Crippen LogP contribution in [0.3, 0.4) is 0 Å². The average Bonchev–Trinajstić information content (AvgIpc) is 2.88. The molecule has 0 aromatic carbocycles. The van der Waals surface area contributed by atoms with Crippen LogP contribution in [0.25, 0.3) is 0 Å². The van der Waals surface area contributed by atoms with Crippen LogP contribution in [0.2, 0.25) is 0 Å². The molecule has 5 nitrogen and oxygen atoms in total. The minimum Gasteiger partial charge on any atom is -0.381 e. The average molecular weight is 225 g/mol. The van der Waals surface area contributed by atoms with Crippen molar-refractivity contribution in [1.82, 2.24) is 10.1 Å². The van der Waals surface area contributed by atoms with E-state index in [4.69, 9.17) is 15.0 Å². The summed E-state index contributed by atoms with van der Waals surface area (Å²) in [5, 5.41) is 3.95. The van der Waals surface area contributed by atoms with Gasteiger partial charge in [-0.1, -0.05) is 18.0 Å². The summed E-state index contributed by atoms with van der Waals surface area (Å²) in [6, 6.07) is 0. The summed E-state index contributed by atoms with van der Waals surface area (Å²) < 4.78 is 10.4. The van der Waals surface area contributed by atoms with Crippen LogP contribution in [0.5, 0.6) is 0 Å². The zero-order valence-corrected chi connectivity index (χ0v) is 9.90. The Hall–Kier alpha value is -0.940. The van der Waals surface area contributed by atoms with E-state index in [-0.39, 0.29) is 11.6 Å². The summed E-state index contributed by atoms with van der Waals surface area (Å²) in [5.74, 6) is 1.27. The minimum absolute atomic E-state index is 0.0998. The lowest BCUT2D eigenvalue weighted by Gasteiger charge is -2.17. The number of hydrogen-bond donors (Lipinski definition) is 1. The third kappa shape index (κ3) is 2.25. The van der Waals surface area contributed by atoms with Gasteiger partial charge >= 0.3 is 0 Å². The number of methoxy groups -OCH3 is 1. The van der Waals surface area contributed by atoms with E-state index in [9.17, 15) is 0 Å². The third-order valence-electron chi connectivity index (χ3n) is 3.26.